The Labute approximate surface area is 174 Å². The van der Waals surface area contributed by atoms with Crippen LogP contribution in [0, 0.1) is 0 Å². The Morgan fingerprint density at radius 1 is 1.07 bits per heavy atom. The Kier molecular flexibility index (Phi) is 7.03. The number of carbonyl (C=O) groups is 1. The van der Waals surface area contributed by atoms with Gasteiger partial charge in [-0.05, 0) is 42.3 Å². The van der Waals surface area contributed by atoms with Gasteiger partial charge >= 0.3 is 0 Å². The largest absolute Gasteiger partial charge is 0.497 e. The minimum absolute atomic E-state index is 0.0669. The number of amides is 1. The van der Waals surface area contributed by atoms with Gasteiger partial charge in [0, 0.05) is 36.2 Å². The number of carbonyl (C=O) groups excluding carboxylic acids is 1. The highest BCUT2D eigenvalue weighted by molar-refractivity contribution is 6.30. The summed E-state index contributed by atoms with van der Waals surface area (Å²) in [6.07, 6.45) is 0.834. The molecule has 150 valence electrons. The van der Waals surface area contributed by atoms with E-state index in [1.54, 1.807) is 25.3 Å². The maximum absolute atomic E-state index is 12.1. The molecule has 1 amide bonds. The van der Waals surface area contributed by atoms with Crippen LogP contribution in [0.4, 0.5) is 0 Å². The fraction of sp³-hybridized carbons (Fsp3) is 0.227. The number of hydrogen-bond donors (Lipinski definition) is 1. The molecular formula is C22H22ClN3O3. The maximum atomic E-state index is 12.1. The predicted molar refractivity (Wildman–Crippen MR) is 113 cm³/mol. The van der Waals surface area contributed by atoms with Crippen molar-refractivity contribution in [2.75, 3.05) is 7.11 Å². The second kappa shape index (κ2) is 9.89. The van der Waals surface area contributed by atoms with Gasteiger partial charge in [-0.1, -0.05) is 35.9 Å². The fourth-order valence-electron chi connectivity index (χ4n) is 2.81. The molecule has 0 saturated heterocycles. The third kappa shape index (κ3) is 5.93. The smallest absolute Gasteiger partial charge is 0.266 e. The molecule has 0 unspecified atom stereocenters. The third-order valence-corrected chi connectivity index (χ3v) is 4.68. The van der Waals surface area contributed by atoms with Crippen LogP contribution in [0.15, 0.2) is 65.5 Å². The van der Waals surface area contributed by atoms with Crippen LogP contribution in [0.1, 0.15) is 18.4 Å². The Balaban J connectivity index is 1.51. The van der Waals surface area contributed by atoms with Crippen LogP contribution in [0.25, 0.3) is 11.3 Å². The first-order valence-electron chi connectivity index (χ1n) is 9.29. The van der Waals surface area contributed by atoms with Crippen molar-refractivity contribution in [3.05, 3.63) is 81.6 Å². The van der Waals surface area contributed by atoms with Gasteiger partial charge in [0.25, 0.3) is 5.56 Å². The van der Waals surface area contributed by atoms with Gasteiger partial charge in [-0.25, -0.2) is 4.68 Å². The summed E-state index contributed by atoms with van der Waals surface area (Å²) in [4.78, 5) is 24.1. The number of halogens is 1. The van der Waals surface area contributed by atoms with Gasteiger partial charge in [-0.3, -0.25) is 9.59 Å². The van der Waals surface area contributed by atoms with Crippen LogP contribution in [0.2, 0.25) is 5.02 Å². The summed E-state index contributed by atoms with van der Waals surface area (Å²) in [7, 11) is 1.61. The van der Waals surface area contributed by atoms with Crippen molar-refractivity contribution in [1.29, 1.82) is 0 Å². The van der Waals surface area contributed by atoms with E-state index >= 15 is 0 Å². The van der Waals surface area contributed by atoms with Crippen LogP contribution >= 0.6 is 11.6 Å². The lowest BCUT2D eigenvalue weighted by atomic mass is 10.1. The van der Waals surface area contributed by atoms with E-state index in [4.69, 9.17) is 16.3 Å². The molecule has 6 nitrogen and oxygen atoms in total. The molecule has 7 heteroatoms. The van der Waals surface area contributed by atoms with Gasteiger partial charge in [-0.2, -0.15) is 5.10 Å². The van der Waals surface area contributed by atoms with Crippen molar-refractivity contribution in [2.45, 2.75) is 25.9 Å². The highest BCUT2D eigenvalue weighted by Gasteiger charge is 2.06. The van der Waals surface area contributed by atoms with Crippen molar-refractivity contribution >= 4 is 17.5 Å². The molecule has 0 atom stereocenters. The number of hydrogen-bond acceptors (Lipinski definition) is 4. The summed E-state index contributed by atoms with van der Waals surface area (Å²) in [5, 5.41) is 7.92. The molecule has 0 radical (unpaired) electrons. The lowest BCUT2D eigenvalue weighted by Crippen LogP contribution is -2.25. The molecule has 0 fully saturated rings. The van der Waals surface area contributed by atoms with E-state index < -0.39 is 0 Å². The first-order valence-corrected chi connectivity index (χ1v) is 9.67. The molecule has 2 aromatic carbocycles. The number of aryl methyl sites for hydroxylation is 1. The molecule has 0 aliphatic rings. The van der Waals surface area contributed by atoms with Crippen molar-refractivity contribution in [3.63, 3.8) is 0 Å². The maximum Gasteiger partial charge on any atom is 0.266 e. The number of nitrogens with one attached hydrogen (secondary N) is 1. The van der Waals surface area contributed by atoms with E-state index in [-0.39, 0.29) is 11.5 Å². The van der Waals surface area contributed by atoms with Crippen molar-refractivity contribution < 1.29 is 9.53 Å². The Bertz CT molecular complexity index is 1010. The van der Waals surface area contributed by atoms with E-state index in [2.05, 4.69) is 10.4 Å². The Morgan fingerprint density at radius 3 is 2.48 bits per heavy atom. The molecule has 0 aliphatic carbocycles. The number of rotatable bonds is 8. The van der Waals surface area contributed by atoms with Crippen LogP contribution in [-0.2, 0) is 17.9 Å². The number of nitrogens with zero attached hydrogens (tertiary/aromatic N) is 2. The average Bonchev–Trinajstić information content (AvgIpc) is 2.74. The zero-order valence-electron chi connectivity index (χ0n) is 16.1. The number of methoxy groups -OCH3 is 1. The van der Waals surface area contributed by atoms with Crippen LogP contribution in [0.3, 0.4) is 0 Å². The van der Waals surface area contributed by atoms with Gasteiger partial charge in [0.05, 0.1) is 12.8 Å². The highest BCUT2D eigenvalue weighted by atomic mass is 35.5. The second-order valence-corrected chi connectivity index (χ2v) is 6.95. The molecule has 1 aromatic heterocycles. The number of benzene rings is 2. The van der Waals surface area contributed by atoms with E-state index in [1.807, 2.05) is 36.4 Å². The molecule has 0 bridgehead atoms. The van der Waals surface area contributed by atoms with Gasteiger partial charge < -0.3 is 10.1 Å². The monoisotopic (exact) mass is 411 g/mol. The standard InChI is InChI=1S/C22H22ClN3O3/c1-29-19-10-4-16(5-11-19)15-24-21(27)3-2-14-26-22(28)13-12-20(25-26)17-6-8-18(23)9-7-17/h4-13H,2-3,14-15H2,1H3,(H,24,27). The average molecular weight is 412 g/mol. The van der Waals surface area contributed by atoms with Crippen LogP contribution in [-0.4, -0.2) is 22.8 Å². The highest BCUT2D eigenvalue weighted by Crippen LogP contribution is 2.18. The zero-order valence-corrected chi connectivity index (χ0v) is 16.9. The lowest BCUT2D eigenvalue weighted by Gasteiger charge is -2.08. The first-order chi connectivity index (χ1) is 14.0. The van der Waals surface area contributed by atoms with Gasteiger partial charge in [-0.15, -0.1) is 0 Å². The summed E-state index contributed by atoms with van der Waals surface area (Å²) in [6, 6.07) is 18.0. The molecule has 0 aliphatic heterocycles. The summed E-state index contributed by atoms with van der Waals surface area (Å²) in [5.41, 5.74) is 2.36. The van der Waals surface area contributed by atoms with E-state index in [9.17, 15) is 9.59 Å². The van der Waals surface area contributed by atoms with Crippen LogP contribution in [0.5, 0.6) is 5.75 Å². The third-order valence-electron chi connectivity index (χ3n) is 4.43. The molecule has 29 heavy (non-hydrogen) atoms. The topological polar surface area (TPSA) is 73.2 Å². The lowest BCUT2D eigenvalue weighted by molar-refractivity contribution is -0.121. The van der Waals surface area contributed by atoms with Crippen LogP contribution < -0.4 is 15.6 Å². The van der Waals surface area contributed by atoms with Gasteiger partial charge in [0.1, 0.15) is 5.75 Å². The minimum atomic E-state index is -0.193. The normalized spacial score (nSPS) is 10.6. The zero-order chi connectivity index (χ0) is 20.6. The van der Waals surface area contributed by atoms with E-state index in [0.717, 1.165) is 16.9 Å². The van der Waals surface area contributed by atoms with E-state index in [0.29, 0.717) is 36.6 Å². The summed E-state index contributed by atoms with van der Waals surface area (Å²) < 4.78 is 6.50. The second-order valence-electron chi connectivity index (χ2n) is 6.52. The predicted octanol–water partition coefficient (Wildman–Crippen LogP) is 3.67. The summed E-state index contributed by atoms with van der Waals surface area (Å²) in [5.74, 6) is 0.710. The molecule has 0 saturated carbocycles. The quantitative estimate of drug-likeness (QED) is 0.613. The van der Waals surface area contributed by atoms with E-state index in [1.165, 1.54) is 10.7 Å². The molecule has 1 N–H and O–H groups in total. The molecule has 3 rings (SSSR count). The van der Waals surface area contributed by atoms with Gasteiger partial charge in [0.2, 0.25) is 5.91 Å². The Morgan fingerprint density at radius 2 is 1.79 bits per heavy atom. The minimum Gasteiger partial charge on any atom is -0.497 e. The summed E-state index contributed by atoms with van der Waals surface area (Å²) in [6.45, 7) is 0.823. The Hall–Kier alpha value is -3.12. The fourth-order valence-corrected chi connectivity index (χ4v) is 2.93. The SMILES string of the molecule is COc1ccc(CNC(=O)CCCn2nc(-c3ccc(Cl)cc3)ccc2=O)cc1. The number of ether oxygens (including phenoxy) is 1. The molecular weight excluding hydrogens is 390 g/mol. The van der Waals surface area contributed by atoms with Crippen molar-refractivity contribution in [1.82, 2.24) is 15.1 Å². The summed E-state index contributed by atoms with van der Waals surface area (Å²) >= 11 is 5.91. The van der Waals surface area contributed by atoms with Crippen molar-refractivity contribution in [2.24, 2.45) is 0 Å². The first kappa shape index (κ1) is 20.6. The molecule has 3 aromatic rings. The molecule has 0 spiro atoms. The van der Waals surface area contributed by atoms with Gasteiger partial charge in [0.15, 0.2) is 0 Å². The molecule has 1 heterocycles. The van der Waals surface area contributed by atoms with Crippen molar-refractivity contribution in [3.8, 4) is 17.0 Å². The number of aromatic nitrogens is 2.